The normalized spacial score (nSPS) is 11.1. The molecule has 2 rings (SSSR count). The Bertz CT molecular complexity index is 1010. The van der Waals surface area contributed by atoms with E-state index in [0.717, 1.165) is 10.6 Å². The zero-order valence-electron chi connectivity index (χ0n) is 15.9. The molecule has 0 radical (unpaired) electrons. The second kappa shape index (κ2) is 9.94. The molecule has 0 aliphatic rings. The molecule has 0 spiro atoms. The number of para-hydroxylation sites is 1. The Morgan fingerprint density at radius 3 is 2.45 bits per heavy atom. The molecular formula is C20H22FN3O4S. The topological polar surface area (TPSA) is 95.6 Å². The Morgan fingerprint density at radius 1 is 1.14 bits per heavy atom. The van der Waals surface area contributed by atoms with Crippen LogP contribution in [0.2, 0.25) is 0 Å². The first-order valence-corrected chi connectivity index (χ1v) is 10.5. The van der Waals surface area contributed by atoms with Crippen molar-refractivity contribution in [3.8, 4) is 0 Å². The fourth-order valence-electron chi connectivity index (χ4n) is 2.51. The summed E-state index contributed by atoms with van der Waals surface area (Å²) >= 11 is 0. The van der Waals surface area contributed by atoms with Gasteiger partial charge in [-0.15, -0.1) is 6.58 Å². The Morgan fingerprint density at radius 2 is 1.79 bits per heavy atom. The molecule has 2 N–H and O–H groups in total. The number of nitrogens with zero attached hydrogens (tertiary/aromatic N) is 1. The van der Waals surface area contributed by atoms with Gasteiger partial charge >= 0.3 is 0 Å². The van der Waals surface area contributed by atoms with Gasteiger partial charge in [0.25, 0.3) is 5.91 Å². The summed E-state index contributed by atoms with van der Waals surface area (Å²) in [4.78, 5) is 24.7. The van der Waals surface area contributed by atoms with Crippen molar-refractivity contribution in [2.45, 2.75) is 6.54 Å². The van der Waals surface area contributed by atoms with Crippen LogP contribution in [0.3, 0.4) is 0 Å². The lowest BCUT2D eigenvalue weighted by Crippen LogP contribution is -2.37. The largest absolute Gasteiger partial charge is 0.349 e. The van der Waals surface area contributed by atoms with E-state index < -0.39 is 34.2 Å². The van der Waals surface area contributed by atoms with Crippen LogP contribution < -0.4 is 10.6 Å². The monoisotopic (exact) mass is 419 g/mol. The van der Waals surface area contributed by atoms with E-state index in [1.165, 1.54) is 36.4 Å². The number of sulfonamides is 1. The summed E-state index contributed by atoms with van der Waals surface area (Å²) in [6.07, 6.45) is 2.46. The molecule has 2 amide bonds. The van der Waals surface area contributed by atoms with Gasteiger partial charge in [0.05, 0.1) is 24.1 Å². The molecule has 2 aromatic rings. The van der Waals surface area contributed by atoms with E-state index in [2.05, 4.69) is 17.2 Å². The molecule has 7 nitrogen and oxygen atoms in total. The number of amides is 2. The highest BCUT2D eigenvalue weighted by molar-refractivity contribution is 7.88. The first-order chi connectivity index (χ1) is 13.7. The van der Waals surface area contributed by atoms with Gasteiger partial charge in [0.15, 0.2) is 0 Å². The number of hydrogen-bond donors (Lipinski definition) is 2. The number of rotatable bonds is 9. The maximum atomic E-state index is 13.9. The minimum absolute atomic E-state index is 0.148. The maximum Gasteiger partial charge on any atom is 0.253 e. The van der Waals surface area contributed by atoms with E-state index in [9.17, 15) is 22.4 Å². The van der Waals surface area contributed by atoms with Crippen molar-refractivity contribution < 1.29 is 22.4 Å². The molecule has 154 valence electrons. The van der Waals surface area contributed by atoms with Gasteiger partial charge < -0.3 is 10.6 Å². The molecule has 0 aliphatic heterocycles. The van der Waals surface area contributed by atoms with Crippen molar-refractivity contribution >= 4 is 27.5 Å². The molecule has 0 saturated heterocycles. The number of hydrogen-bond acceptors (Lipinski definition) is 4. The highest BCUT2D eigenvalue weighted by atomic mass is 32.2. The van der Waals surface area contributed by atoms with Crippen LogP contribution >= 0.6 is 0 Å². The highest BCUT2D eigenvalue weighted by Crippen LogP contribution is 2.16. The number of benzene rings is 2. The fourth-order valence-corrected chi connectivity index (χ4v) is 3.23. The SMILES string of the molecule is C=CCNC(=O)c1ccccc1NC(=O)CN(Cc1ccccc1F)S(C)(=O)=O. The van der Waals surface area contributed by atoms with Crippen LogP contribution in [0, 0.1) is 5.82 Å². The molecule has 9 heteroatoms. The van der Waals surface area contributed by atoms with Crippen LogP contribution in [0.1, 0.15) is 15.9 Å². The molecule has 2 aromatic carbocycles. The third-order valence-corrected chi connectivity index (χ3v) is 5.14. The van der Waals surface area contributed by atoms with E-state index >= 15 is 0 Å². The molecule has 29 heavy (non-hydrogen) atoms. The fraction of sp³-hybridized carbons (Fsp3) is 0.200. The first kappa shape index (κ1) is 22.3. The highest BCUT2D eigenvalue weighted by Gasteiger charge is 2.22. The van der Waals surface area contributed by atoms with Crippen LogP contribution in [0.4, 0.5) is 10.1 Å². The van der Waals surface area contributed by atoms with Crippen molar-refractivity contribution in [1.29, 1.82) is 0 Å². The van der Waals surface area contributed by atoms with E-state index in [0.29, 0.717) is 0 Å². The molecule has 0 atom stereocenters. The summed E-state index contributed by atoms with van der Waals surface area (Å²) in [5.74, 6) is -1.63. The van der Waals surface area contributed by atoms with Crippen molar-refractivity contribution in [2.24, 2.45) is 0 Å². The van der Waals surface area contributed by atoms with Crippen molar-refractivity contribution in [3.63, 3.8) is 0 Å². The van der Waals surface area contributed by atoms with E-state index in [1.807, 2.05) is 0 Å². The van der Waals surface area contributed by atoms with Gasteiger partial charge in [0.2, 0.25) is 15.9 Å². The van der Waals surface area contributed by atoms with Crippen molar-refractivity contribution in [1.82, 2.24) is 9.62 Å². The van der Waals surface area contributed by atoms with Gasteiger partial charge in [0.1, 0.15) is 5.82 Å². The third-order valence-electron chi connectivity index (χ3n) is 3.95. The van der Waals surface area contributed by atoms with Crippen LogP contribution in [0.15, 0.2) is 61.2 Å². The molecule has 0 saturated carbocycles. The second-order valence-corrected chi connectivity index (χ2v) is 8.20. The van der Waals surface area contributed by atoms with Crippen LogP contribution in [0.25, 0.3) is 0 Å². The van der Waals surface area contributed by atoms with E-state index in [1.54, 1.807) is 18.2 Å². The molecule has 0 aliphatic carbocycles. The average Bonchev–Trinajstić information content (AvgIpc) is 2.67. The third kappa shape index (κ3) is 6.51. The average molecular weight is 419 g/mol. The van der Waals surface area contributed by atoms with Crippen LogP contribution in [0.5, 0.6) is 0 Å². The molecular weight excluding hydrogens is 397 g/mol. The quantitative estimate of drug-likeness (QED) is 0.609. The van der Waals surface area contributed by atoms with Gasteiger partial charge in [-0.3, -0.25) is 9.59 Å². The zero-order chi connectivity index (χ0) is 21.4. The summed E-state index contributed by atoms with van der Waals surface area (Å²) in [6, 6.07) is 12.1. The first-order valence-electron chi connectivity index (χ1n) is 8.69. The lowest BCUT2D eigenvalue weighted by Gasteiger charge is -2.20. The number of halogens is 1. The molecule has 0 fully saturated rings. The van der Waals surface area contributed by atoms with Crippen LogP contribution in [-0.2, 0) is 21.4 Å². The van der Waals surface area contributed by atoms with Gasteiger partial charge in [-0.25, -0.2) is 12.8 Å². The molecule has 0 aromatic heterocycles. The Kier molecular flexibility index (Phi) is 7.63. The summed E-state index contributed by atoms with van der Waals surface area (Å²) < 4.78 is 38.9. The Labute approximate surface area is 169 Å². The standard InChI is InChI=1S/C20H22FN3O4S/c1-3-12-22-20(26)16-9-5-7-11-18(16)23-19(25)14-24(29(2,27)28)13-15-8-4-6-10-17(15)21/h3-11H,1,12-14H2,2H3,(H,22,26)(H,23,25). The molecule has 0 heterocycles. The Hall–Kier alpha value is -3.04. The number of anilines is 1. The van der Waals surface area contributed by atoms with Crippen molar-refractivity contribution in [3.05, 3.63) is 78.1 Å². The van der Waals surface area contributed by atoms with Crippen molar-refractivity contribution in [2.75, 3.05) is 24.7 Å². The summed E-state index contributed by atoms with van der Waals surface area (Å²) in [5.41, 5.74) is 0.607. The Balaban J connectivity index is 2.16. The summed E-state index contributed by atoms with van der Waals surface area (Å²) in [6.45, 7) is 2.95. The van der Waals surface area contributed by atoms with E-state index in [-0.39, 0.29) is 29.9 Å². The van der Waals surface area contributed by atoms with E-state index in [4.69, 9.17) is 0 Å². The zero-order valence-corrected chi connectivity index (χ0v) is 16.7. The smallest absolute Gasteiger partial charge is 0.253 e. The lowest BCUT2D eigenvalue weighted by molar-refractivity contribution is -0.116. The number of nitrogens with one attached hydrogen (secondary N) is 2. The second-order valence-electron chi connectivity index (χ2n) is 6.21. The molecule has 0 bridgehead atoms. The number of carbonyl (C=O) groups excluding carboxylic acids is 2. The predicted octanol–water partition coefficient (Wildman–Crippen LogP) is 2.14. The number of carbonyl (C=O) groups is 2. The van der Waals surface area contributed by atoms with Gasteiger partial charge in [-0.2, -0.15) is 4.31 Å². The predicted molar refractivity (Wildman–Crippen MR) is 109 cm³/mol. The minimum Gasteiger partial charge on any atom is -0.349 e. The minimum atomic E-state index is -3.79. The summed E-state index contributed by atoms with van der Waals surface area (Å²) in [7, 11) is -3.79. The summed E-state index contributed by atoms with van der Waals surface area (Å²) in [5, 5.41) is 5.16. The van der Waals surface area contributed by atoms with Gasteiger partial charge in [0, 0.05) is 18.7 Å². The molecule has 0 unspecified atom stereocenters. The van der Waals surface area contributed by atoms with Gasteiger partial charge in [-0.05, 0) is 18.2 Å². The van der Waals surface area contributed by atoms with Crippen LogP contribution in [-0.4, -0.2) is 43.9 Å². The maximum absolute atomic E-state index is 13.9. The lowest BCUT2D eigenvalue weighted by atomic mass is 10.1. The van der Waals surface area contributed by atoms with Gasteiger partial charge in [-0.1, -0.05) is 36.4 Å².